The Labute approximate surface area is 119 Å². The highest BCUT2D eigenvalue weighted by molar-refractivity contribution is 7.11. The third-order valence-corrected chi connectivity index (χ3v) is 4.52. The molecule has 1 unspecified atom stereocenters. The molecule has 3 nitrogen and oxygen atoms in total. The maximum Gasteiger partial charge on any atom is 0.109 e. The quantitative estimate of drug-likeness (QED) is 0.835. The number of aromatic nitrogens is 2. The van der Waals surface area contributed by atoms with Crippen LogP contribution in [-0.4, -0.2) is 9.55 Å². The van der Waals surface area contributed by atoms with Crippen molar-refractivity contribution in [1.29, 1.82) is 0 Å². The first kappa shape index (κ1) is 14.3. The minimum Gasteiger partial charge on any atom is -0.354 e. The van der Waals surface area contributed by atoms with Crippen molar-refractivity contribution in [3.63, 3.8) is 0 Å². The lowest BCUT2D eigenvalue weighted by Gasteiger charge is -2.10. The van der Waals surface area contributed by atoms with Crippen LogP contribution in [-0.2, 0) is 19.5 Å². The monoisotopic (exact) mass is 277 g/mol. The third-order valence-electron chi connectivity index (χ3n) is 3.20. The average Bonchev–Trinajstić information content (AvgIpc) is 3.05. The zero-order valence-electron chi connectivity index (χ0n) is 12.0. The van der Waals surface area contributed by atoms with Gasteiger partial charge in [-0.3, -0.25) is 0 Å². The second-order valence-corrected chi connectivity index (χ2v) is 6.03. The fraction of sp³-hybridized carbons (Fsp3) is 0.533. The maximum atomic E-state index is 4.48. The summed E-state index contributed by atoms with van der Waals surface area (Å²) < 4.78 is 2.25. The van der Waals surface area contributed by atoms with Crippen molar-refractivity contribution in [2.24, 2.45) is 0 Å². The van der Waals surface area contributed by atoms with Crippen LogP contribution in [0.25, 0.3) is 0 Å². The molecule has 0 saturated carbocycles. The van der Waals surface area contributed by atoms with Crippen LogP contribution in [0.2, 0.25) is 0 Å². The van der Waals surface area contributed by atoms with Gasteiger partial charge in [0.1, 0.15) is 5.01 Å². The van der Waals surface area contributed by atoms with Gasteiger partial charge in [0.2, 0.25) is 0 Å². The van der Waals surface area contributed by atoms with E-state index in [-0.39, 0.29) is 0 Å². The minimum absolute atomic E-state index is 0.319. The smallest absolute Gasteiger partial charge is 0.109 e. The topological polar surface area (TPSA) is 29.9 Å². The highest BCUT2D eigenvalue weighted by Gasteiger charge is 2.09. The van der Waals surface area contributed by atoms with Gasteiger partial charge in [0.15, 0.2) is 0 Å². The molecule has 0 fully saturated rings. The van der Waals surface area contributed by atoms with Crippen molar-refractivity contribution in [1.82, 2.24) is 14.9 Å². The van der Waals surface area contributed by atoms with E-state index >= 15 is 0 Å². The van der Waals surface area contributed by atoms with E-state index in [4.69, 9.17) is 0 Å². The molecule has 0 aromatic carbocycles. The normalized spacial score (nSPS) is 12.8. The molecule has 0 amide bonds. The Bertz CT molecular complexity index is 501. The number of rotatable bonds is 7. The Morgan fingerprint density at radius 2 is 2.26 bits per heavy atom. The van der Waals surface area contributed by atoms with E-state index in [1.54, 1.807) is 0 Å². The van der Waals surface area contributed by atoms with Crippen LogP contribution in [0.5, 0.6) is 0 Å². The van der Waals surface area contributed by atoms with Gasteiger partial charge in [-0.15, -0.1) is 11.3 Å². The molecule has 1 N–H and O–H groups in total. The van der Waals surface area contributed by atoms with E-state index in [9.17, 15) is 0 Å². The maximum absolute atomic E-state index is 4.48. The van der Waals surface area contributed by atoms with Crippen LogP contribution < -0.4 is 5.32 Å². The van der Waals surface area contributed by atoms with Gasteiger partial charge in [-0.25, -0.2) is 4.98 Å². The number of nitrogens with one attached hydrogen (secondary N) is 1. The van der Waals surface area contributed by atoms with Crippen molar-refractivity contribution >= 4 is 11.3 Å². The van der Waals surface area contributed by atoms with E-state index in [1.165, 1.54) is 21.9 Å². The summed E-state index contributed by atoms with van der Waals surface area (Å²) in [6, 6.07) is 2.51. The van der Waals surface area contributed by atoms with E-state index < -0.39 is 0 Å². The van der Waals surface area contributed by atoms with Crippen molar-refractivity contribution < 1.29 is 0 Å². The third kappa shape index (κ3) is 3.91. The van der Waals surface area contributed by atoms with Gasteiger partial charge in [-0.1, -0.05) is 13.8 Å². The lowest BCUT2D eigenvalue weighted by atomic mass is 10.3. The van der Waals surface area contributed by atoms with Crippen molar-refractivity contribution in [2.75, 3.05) is 0 Å². The van der Waals surface area contributed by atoms with Crippen LogP contribution in [0, 0.1) is 0 Å². The number of aryl methyl sites for hydroxylation is 2. The molecule has 4 heteroatoms. The predicted molar refractivity (Wildman–Crippen MR) is 81.5 cm³/mol. The standard InChI is InChI=1S/C15H23N3S/c1-4-7-18-8-6-13(11-18)9-16-12(3)15-17-10-14(5-2)19-15/h6,8,10-12,16H,4-5,7,9H2,1-3H3. The van der Waals surface area contributed by atoms with Gasteiger partial charge in [-0.2, -0.15) is 0 Å². The molecule has 0 aliphatic rings. The summed E-state index contributed by atoms with van der Waals surface area (Å²) in [5.74, 6) is 0. The summed E-state index contributed by atoms with van der Waals surface area (Å²) in [6.07, 6.45) is 8.63. The molecule has 2 heterocycles. The molecule has 2 aromatic rings. The molecular formula is C15H23N3S. The zero-order valence-corrected chi connectivity index (χ0v) is 12.8. The first-order valence-corrected chi connectivity index (χ1v) is 7.87. The van der Waals surface area contributed by atoms with Crippen LogP contribution >= 0.6 is 11.3 Å². The molecule has 19 heavy (non-hydrogen) atoms. The molecule has 0 aliphatic heterocycles. The lowest BCUT2D eigenvalue weighted by Crippen LogP contribution is -2.17. The average molecular weight is 277 g/mol. The van der Waals surface area contributed by atoms with Gasteiger partial charge in [-0.05, 0) is 31.4 Å². The Morgan fingerprint density at radius 3 is 2.95 bits per heavy atom. The van der Waals surface area contributed by atoms with Crippen LogP contribution in [0.15, 0.2) is 24.7 Å². The summed E-state index contributed by atoms with van der Waals surface area (Å²) in [7, 11) is 0. The molecule has 2 aromatic heterocycles. The predicted octanol–water partition coefficient (Wildman–Crippen LogP) is 3.77. The van der Waals surface area contributed by atoms with Crippen molar-refractivity contribution in [2.45, 2.75) is 52.7 Å². The van der Waals surface area contributed by atoms with E-state index in [0.29, 0.717) is 6.04 Å². The van der Waals surface area contributed by atoms with Crippen LogP contribution in [0.4, 0.5) is 0 Å². The fourth-order valence-electron chi connectivity index (χ4n) is 2.04. The molecule has 2 rings (SSSR count). The van der Waals surface area contributed by atoms with E-state index in [1.807, 2.05) is 17.5 Å². The number of thiazole rings is 1. The zero-order chi connectivity index (χ0) is 13.7. The summed E-state index contributed by atoms with van der Waals surface area (Å²) in [5, 5.41) is 4.73. The molecule has 1 atom stereocenters. The molecule has 0 bridgehead atoms. The molecule has 0 spiro atoms. The highest BCUT2D eigenvalue weighted by atomic mass is 32.1. The van der Waals surface area contributed by atoms with Crippen LogP contribution in [0.1, 0.15) is 48.7 Å². The van der Waals surface area contributed by atoms with Gasteiger partial charge in [0.05, 0.1) is 6.04 Å². The summed E-state index contributed by atoms with van der Waals surface area (Å²) in [5.41, 5.74) is 1.34. The number of hydrogen-bond acceptors (Lipinski definition) is 3. The van der Waals surface area contributed by atoms with Gasteiger partial charge < -0.3 is 9.88 Å². The first-order chi connectivity index (χ1) is 9.22. The molecule has 0 aliphatic carbocycles. The molecule has 104 valence electrons. The van der Waals surface area contributed by atoms with E-state index in [2.05, 4.69) is 54.1 Å². The molecule has 0 saturated heterocycles. The second-order valence-electron chi connectivity index (χ2n) is 4.88. The molecular weight excluding hydrogens is 254 g/mol. The van der Waals surface area contributed by atoms with Crippen molar-refractivity contribution in [3.8, 4) is 0 Å². The minimum atomic E-state index is 0.319. The van der Waals surface area contributed by atoms with Gasteiger partial charge >= 0.3 is 0 Å². The van der Waals surface area contributed by atoms with Crippen LogP contribution in [0.3, 0.4) is 0 Å². The summed E-state index contributed by atoms with van der Waals surface area (Å²) in [4.78, 5) is 5.84. The van der Waals surface area contributed by atoms with Crippen molar-refractivity contribution in [3.05, 3.63) is 40.1 Å². The Balaban J connectivity index is 1.86. The Morgan fingerprint density at radius 1 is 1.42 bits per heavy atom. The summed E-state index contributed by atoms with van der Waals surface area (Å²) >= 11 is 1.81. The first-order valence-electron chi connectivity index (χ1n) is 7.05. The Kier molecular flexibility index (Phi) is 5.16. The van der Waals surface area contributed by atoms with Gasteiger partial charge in [0, 0.05) is 36.6 Å². The summed E-state index contributed by atoms with van der Waals surface area (Å²) in [6.45, 7) is 8.56. The van der Waals surface area contributed by atoms with E-state index in [0.717, 1.165) is 19.5 Å². The fourth-order valence-corrected chi connectivity index (χ4v) is 2.92. The lowest BCUT2D eigenvalue weighted by molar-refractivity contribution is 0.570. The van der Waals surface area contributed by atoms with Gasteiger partial charge in [0.25, 0.3) is 0 Å². The molecule has 0 radical (unpaired) electrons. The largest absolute Gasteiger partial charge is 0.354 e. The Hall–Kier alpha value is -1.13. The number of hydrogen-bond donors (Lipinski definition) is 1. The second kappa shape index (κ2) is 6.87. The number of nitrogens with zero attached hydrogens (tertiary/aromatic N) is 2. The highest BCUT2D eigenvalue weighted by Crippen LogP contribution is 2.20. The SMILES string of the molecule is CCCn1ccc(CNC(C)c2ncc(CC)s2)c1.